The van der Waals surface area contributed by atoms with Crippen LogP contribution in [0.15, 0.2) is 47.3 Å². The van der Waals surface area contributed by atoms with Crippen molar-refractivity contribution in [1.29, 1.82) is 0 Å². The van der Waals surface area contributed by atoms with Crippen molar-refractivity contribution >= 4 is 11.6 Å². The monoisotopic (exact) mass is 383 g/mol. The molecule has 0 spiro atoms. The van der Waals surface area contributed by atoms with Crippen LogP contribution >= 0.6 is 11.6 Å². The smallest absolute Gasteiger partial charge is 0.254 e. The largest absolute Gasteiger partial charge is 0.508 e. The van der Waals surface area contributed by atoms with Gasteiger partial charge in [0.2, 0.25) is 0 Å². The second kappa shape index (κ2) is 7.06. The Morgan fingerprint density at radius 1 is 1.11 bits per heavy atom. The van der Waals surface area contributed by atoms with Crippen LogP contribution in [0.5, 0.6) is 11.5 Å². The van der Waals surface area contributed by atoms with Gasteiger partial charge in [-0.05, 0) is 48.4 Å². The van der Waals surface area contributed by atoms with Gasteiger partial charge in [0.05, 0.1) is 5.69 Å². The van der Waals surface area contributed by atoms with Crippen molar-refractivity contribution in [2.75, 3.05) is 6.54 Å². The Kier molecular flexibility index (Phi) is 4.59. The van der Waals surface area contributed by atoms with E-state index in [1.54, 1.807) is 24.3 Å². The second-order valence-corrected chi connectivity index (χ2v) is 7.10. The topological polar surface area (TPSA) is 89.5 Å². The van der Waals surface area contributed by atoms with E-state index in [2.05, 4.69) is 14.9 Å². The molecule has 27 heavy (non-hydrogen) atoms. The minimum Gasteiger partial charge on any atom is -0.508 e. The van der Waals surface area contributed by atoms with E-state index in [-0.39, 0.29) is 17.1 Å². The molecule has 7 heteroatoms. The second-order valence-electron chi connectivity index (χ2n) is 6.66. The van der Waals surface area contributed by atoms with Crippen molar-refractivity contribution in [3.63, 3.8) is 0 Å². The van der Waals surface area contributed by atoms with Crippen LogP contribution < -0.4 is 5.56 Å². The normalized spacial score (nSPS) is 14.1. The number of H-pyrrole nitrogens is 1. The summed E-state index contributed by atoms with van der Waals surface area (Å²) in [5.74, 6) is 0.580. The number of phenolic OH excluding ortho intramolecular Hbond substituents is 2. The van der Waals surface area contributed by atoms with E-state index in [0.717, 1.165) is 16.8 Å². The first-order valence-electron chi connectivity index (χ1n) is 8.60. The van der Waals surface area contributed by atoms with Crippen molar-refractivity contribution in [3.05, 3.63) is 74.7 Å². The average molecular weight is 384 g/mol. The number of nitrogens with zero attached hydrogens (tertiary/aromatic N) is 2. The lowest BCUT2D eigenvalue weighted by Crippen LogP contribution is -2.35. The van der Waals surface area contributed by atoms with E-state index in [9.17, 15) is 15.0 Å². The lowest BCUT2D eigenvalue weighted by atomic mass is 10.0. The predicted molar refractivity (Wildman–Crippen MR) is 103 cm³/mol. The predicted octanol–water partition coefficient (Wildman–Crippen LogP) is 3.06. The fourth-order valence-electron chi connectivity index (χ4n) is 3.38. The Morgan fingerprint density at radius 3 is 2.52 bits per heavy atom. The first kappa shape index (κ1) is 17.6. The van der Waals surface area contributed by atoms with Crippen molar-refractivity contribution in [3.8, 4) is 22.9 Å². The molecule has 2 aromatic carbocycles. The Hall–Kier alpha value is -2.83. The maximum Gasteiger partial charge on any atom is 0.254 e. The number of aromatic hydroxyl groups is 2. The van der Waals surface area contributed by atoms with E-state index in [0.29, 0.717) is 42.5 Å². The molecule has 0 saturated carbocycles. The Morgan fingerprint density at radius 2 is 1.81 bits per heavy atom. The van der Waals surface area contributed by atoms with Gasteiger partial charge in [-0.2, -0.15) is 0 Å². The molecule has 0 atom stereocenters. The SMILES string of the molecule is O=c1[nH]c(-c2ccc(Cl)cc2)nc2c1CCN(Cc1cc(O)cc(O)c1)C2. The third kappa shape index (κ3) is 3.82. The summed E-state index contributed by atoms with van der Waals surface area (Å²) in [7, 11) is 0. The van der Waals surface area contributed by atoms with Gasteiger partial charge in [0.1, 0.15) is 17.3 Å². The molecule has 0 bridgehead atoms. The fourth-order valence-corrected chi connectivity index (χ4v) is 3.51. The van der Waals surface area contributed by atoms with Crippen molar-refractivity contribution in [2.24, 2.45) is 0 Å². The van der Waals surface area contributed by atoms with Gasteiger partial charge in [0, 0.05) is 41.9 Å². The Labute approximate surface area is 160 Å². The highest BCUT2D eigenvalue weighted by atomic mass is 35.5. The number of rotatable bonds is 3. The molecule has 3 aromatic rings. The molecule has 0 aliphatic carbocycles. The van der Waals surface area contributed by atoms with Crippen LogP contribution in [-0.2, 0) is 19.5 Å². The number of aromatic amines is 1. The molecule has 138 valence electrons. The molecular weight excluding hydrogens is 366 g/mol. The molecule has 1 aliphatic rings. The molecule has 0 amide bonds. The number of halogens is 1. The van der Waals surface area contributed by atoms with Crippen LogP contribution in [0.2, 0.25) is 5.02 Å². The Bertz CT molecular complexity index is 1030. The first-order chi connectivity index (χ1) is 13.0. The molecule has 6 nitrogen and oxygen atoms in total. The van der Waals surface area contributed by atoms with Gasteiger partial charge < -0.3 is 15.2 Å². The van der Waals surface area contributed by atoms with Gasteiger partial charge in [0.15, 0.2) is 0 Å². The first-order valence-corrected chi connectivity index (χ1v) is 8.98. The molecule has 1 aromatic heterocycles. The molecule has 1 aliphatic heterocycles. The van der Waals surface area contributed by atoms with E-state index < -0.39 is 0 Å². The van der Waals surface area contributed by atoms with Crippen LogP contribution in [0.4, 0.5) is 0 Å². The van der Waals surface area contributed by atoms with E-state index >= 15 is 0 Å². The molecule has 0 radical (unpaired) electrons. The third-order valence-corrected chi connectivity index (χ3v) is 4.89. The van der Waals surface area contributed by atoms with Crippen LogP contribution in [0.3, 0.4) is 0 Å². The minimum absolute atomic E-state index is 0.0296. The highest BCUT2D eigenvalue weighted by Crippen LogP contribution is 2.24. The van der Waals surface area contributed by atoms with Crippen LogP contribution in [-0.4, -0.2) is 31.6 Å². The number of hydrogen-bond donors (Lipinski definition) is 3. The zero-order chi connectivity index (χ0) is 19.0. The minimum atomic E-state index is -0.111. The summed E-state index contributed by atoms with van der Waals surface area (Å²) >= 11 is 5.93. The molecule has 0 unspecified atom stereocenters. The van der Waals surface area contributed by atoms with E-state index in [4.69, 9.17) is 11.6 Å². The number of nitrogens with one attached hydrogen (secondary N) is 1. The Balaban J connectivity index is 1.61. The zero-order valence-corrected chi connectivity index (χ0v) is 15.2. The maximum absolute atomic E-state index is 12.5. The summed E-state index contributed by atoms with van der Waals surface area (Å²) in [5.41, 5.74) is 2.95. The van der Waals surface area contributed by atoms with Gasteiger partial charge >= 0.3 is 0 Å². The maximum atomic E-state index is 12.5. The summed E-state index contributed by atoms with van der Waals surface area (Å²) < 4.78 is 0. The number of fused-ring (bicyclic) bond motifs is 1. The van der Waals surface area contributed by atoms with Gasteiger partial charge in [0.25, 0.3) is 5.56 Å². The van der Waals surface area contributed by atoms with Crippen molar-refractivity contribution < 1.29 is 10.2 Å². The summed E-state index contributed by atoms with van der Waals surface area (Å²) in [6.45, 7) is 1.77. The lowest BCUT2D eigenvalue weighted by molar-refractivity contribution is 0.240. The fraction of sp³-hybridized carbons (Fsp3) is 0.200. The van der Waals surface area contributed by atoms with Crippen LogP contribution in [0.25, 0.3) is 11.4 Å². The highest BCUT2D eigenvalue weighted by Gasteiger charge is 2.21. The average Bonchev–Trinajstić information content (AvgIpc) is 2.61. The number of aromatic nitrogens is 2. The summed E-state index contributed by atoms with van der Waals surface area (Å²) in [6.07, 6.45) is 0.601. The molecule has 4 rings (SSSR count). The molecule has 3 N–H and O–H groups in total. The van der Waals surface area contributed by atoms with Crippen molar-refractivity contribution in [2.45, 2.75) is 19.5 Å². The molecule has 0 saturated heterocycles. The van der Waals surface area contributed by atoms with E-state index in [1.165, 1.54) is 6.07 Å². The number of hydrogen-bond acceptors (Lipinski definition) is 5. The molecular formula is C20H18ClN3O3. The zero-order valence-electron chi connectivity index (χ0n) is 14.4. The summed E-state index contributed by atoms with van der Waals surface area (Å²) in [6, 6.07) is 11.7. The lowest BCUT2D eigenvalue weighted by Gasteiger charge is -2.27. The summed E-state index contributed by atoms with van der Waals surface area (Å²) in [5, 5.41) is 19.9. The standard InChI is InChI=1S/C20H18ClN3O3/c21-14-3-1-13(2-4-14)19-22-18-11-24(6-5-17(18)20(27)23-19)10-12-7-15(25)9-16(26)8-12/h1-4,7-9,25-26H,5-6,10-11H2,(H,22,23,27). The van der Waals surface area contributed by atoms with Crippen molar-refractivity contribution in [1.82, 2.24) is 14.9 Å². The van der Waals surface area contributed by atoms with Gasteiger partial charge in [-0.3, -0.25) is 9.69 Å². The number of phenols is 2. The molecule has 2 heterocycles. The highest BCUT2D eigenvalue weighted by molar-refractivity contribution is 6.30. The van der Waals surface area contributed by atoms with Crippen LogP contribution in [0.1, 0.15) is 16.8 Å². The molecule has 0 fully saturated rings. The summed E-state index contributed by atoms with van der Waals surface area (Å²) in [4.78, 5) is 22.1. The third-order valence-electron chi connectivity index (χ3n) is 4.64. The number of benzene rings is 2. The van der Waals surface area contributed by atoms with Crippen LogP contribution in [0, 0.1) is 0 Å². The van der Waals surface area contributed by atoms with E-state index in [1.807, 2.05) is 12.1 Å². The quantitative estimate of drug-likeness (QED) is 0.646. The van der Waals surface area contributed by atoms with Gasteiger partial charge in [-0.15, -0.1) is 0 Å². The van der Waals surface area contributed by atoms with Gasteiger partial charge in [-0.25, -0.2) is 4.98 Å². The van der Waals surface area contributed by atoms with Gasteiger partial charge in [-0.1, -0.05) is 11.6 Å².